The number of nitrogens with zero attached hydrogens (tertiary/aromatic N) is 5. The van der Waals surface area contributed by atoms with Crippen molar-refractivity contribution in [3.05, 3.63) is 47.4 Å². The number of fused-ring (bicyclic) bond motifs is 1. The van der Waals surface area contributed by atoms with Crippen molar-refractivity contribution >= 4 is 23.9 Å². The second kappa shape index (κ2) is 7.51. The van der Waals surface area contributed by atoms with E-state index < -0.39 is 23.5 Å². The zero-order valence-corrected chi connectivity index (χ0v) is 16.6. The van der Waals surface area contributed by atoms with Crippen LogP contribution in [0.15, 0.2) is 29.5 Å². The molecule has 2 N–H and O–H groups in total. The first-order chi connectivity index (χ1) is 14.9. The lowest BCUT2D eigenvalue weighted by molar-refractivity contribution is -0.137. The van der Waals surface area contributed by atoms with Gasteiger partial charge in [-0.1, -0.05) is 0 Å². The van der Waals surface area contributed by atoms with E-state index >= 15 is 0 Å². The molecule has 1 aromatic heterocycles. The number of carbonyl (C=O) groups is 1. The lowest BCUT2D eigenvalue weighted by Gasteiger charge is -2.26. The maximum absolute atomic E-state index is 13.7. The van der Waals surface area contributed by atoms with E-state index in [1.54, 1.807) is 6.21 Å². The number of hydrogen-bond donors (Lipinski definition) is 1. The third kappa shape index (κ3) is 3.60. The lowest BCUT2D eigenvalue weighted by Crippen LogP contribution is -2.33. The van der Waals surface area contributed by atoms with Crippen LogP contribution in [0.5, 0.6) is 0 Å². The molecule has 7 nitrogen and oxygen atoms in total. The molecule has 10 heteroatoms. The summed E-state index contributed by atoms with van der Waals surface area (Å²) in [5.74, 6) is -1.54. The maximum atomic E-state index is 13.7. The zero-order valence-electron chi connectivity index (χ0n) is 16.6. The van der Waals surface area contributed by atoms with Gasteiger partial charge >= 0.3 is 0 Å². The molecule has 0 spiro atoms. The van der Waals surface area contributed by atoms with E-state index in [0.29, 0.717) is 43.9 Å². The molecule has 0 bridgehead atoms. The van der Waals surface area contributed by atoms with E-state index in [0.717, 1.165) is 12.3 Å². The van der Waals surface area contributed by atoms with Gasteiger partial charge in [0.2, 0.25) is 11.9 Å². The number of hydrogen-bond acceptors (Lipinski definition) is 6. The number of anilines is 2. The quantitative estimate of drug-likeness (QED) is 0.809. The first-order valence-electron chi connectivity index (χ1n) is 10.2. The Morgan fingerprint density at radius 3 is 2.39 bits per heavy atom. The molecule has 5 rings (SSSR count). The topological polar surface area (TPSA) is 87.7 Å². The second-order valence-electron chi connectivity index (χ2n) is 8.43. The Kier molecular flexibility index (Phi) is 4.79. The van der Waals surface area contributed by atoms with Crippen molar-refractivity contribution < 1.29 is 18.0 Å². The maximum Gasteiger partial charge on any atom is 0.246 e. The van der Waals surface area contributed by atoms with Crippen molar-refractivity contribution in [2.24, 2.45) is 22.9 Å². The lowest BCUT2D eigenvalue weighted by atomic mass is 10.0. The summed E-state index contributed by atoms with van der Waals surface area (Å²) in [6, 6.07) is 2.81. The van der Waals surface area contributed by atoms with Crippen LogP contribution in [-0.2, 0) is 4.79 Å². The highest BCUT2D eigenvalue weighted by Gasteiger charge is 2.46. The summed E-state index contributed by atoms with van der Waals surface area (Å²) in [5, 5.41) is 5.58. The number of rotatable bonds is 3. The standard InChI is InChI=1S/C21H21F3N6O/c22-15-5-11(6-16(23)7-15)18-1-2-27-30(18)20(31)12-3-13-9-29(10-14(13)4-12)21-26-8-17(24)19(25)28-21/h2,5-8,12-14,18H,1,3-4,9-10H2,(H2,25,26,28)/t12-,13+,14-,18-/m1/s1. The first-order valence-corrected chi connectivity index (χ1v) is 10.2. The van der Waals surface area contributed by atoms with Crippen molar-refractivity contribution in [3.8, 4) is 0 Å². The minimum Gasteiger partial charge on any atom is -0.381 e. The highest BCUT2D eigenvalue weighted by Crippen LogP contribution is 2.44. The Bertz CT molecular complexity index is 1030. The van der Waals surface area contributed by atoms with Crippen molar-refractivity contribution in [1.82, 2.24) is 15.0 Å². The number of benzene rings is 1. The summed E-state index contributed by atoms with van der Waals surface area (Å²) < 4.78 is 40.7. The Hall–Kier alpha value is -3.17. The molecule has 1 aliphatic carbocycles. The molecule has 162 valence electrons. The summed E-state index contributed by atoms with van der Waals surface area (Å²) in [6.07, 6.45) is 4.48. The van der Waals surface area contributed by atoms with Crippen molar-refractivity contribution in [3.63, 3.8) is 0 Å². The highest BCUT2D eigenvalue weighted by atomic mass is 19.1. The fourth-order valence-corrected chi connectivity index (χ4v) is 5.05. The monoisotopic (exact) mass is 430 g/mol. The average Bonchev–Trinajstić information content (AvgIpc) is 3.43. The van der Waals surface area contributed by atoms with Crippen LogP contribution in [0.2, 0.25) is 0 Å². The predicted molar refractivity (Wildman–Crippen MR) is 107 cm³/mol. The molecule has 1 saturated carbocycles. The molecule has 3 heterocycles. The smallest absolute Gasteiger partial charge is 0.246 e. The van der Waals surface area contributed by atoms with Gasteiger partial charge < -0.3 is 10.6 Å². The molecule has 4 atom stereocenters. The van der Waals surface area contributed by atoms with E-state index in [-0.39, 0.29) is 29.5 Å². The van der Waals surface area contributed by atoms with Crippen LogP contribution < -0.4 is 10.6 Å². The van der Waals surface area contributed by atoms with Gasteiger partial charge in [-0.15, -0.1) is 0 Å². The molecule has 3 aliphatic rings. The fourth-order valence-electron chi connectivity index (χ4n) is 5.05. The largest absolute Gasteiger partial charge is 0.381 e. The van der Waals surface area contributed by atoms with Crippen LogP contribution >= 0.6 is 0 Å². The number of nitrogens with two attached hydrogens (primary N) is 1. The van der Waals surface area contributed by atoms with Crippen molar-refractivity contribution in [2.45, 2.75) is 25.3 Å². The number of aromatic nitrogens is 2. The zero-order chi connectivity index (χ0) is 21.7. The Balaban J connectivity index is 1.26. The Morgan fingerprint density at radius 1 is 1.06 bits per heavy atom. The van der Waals surface area contributed by atoms with Crippen LogP contribution in [0.4, 0.5) is 24.9 Å². The Labute approximate surface area is 176 Å². The van der Waals surface area contributed by atoms with Gasteiger partial charge in [0.05, 0.1) is 12.2 Å². The third-order valence-corrected chi connectivity index (χ3v) is 6.47. The summed E-state index contributed by atoms with van der Waals surface area (Å²) in [6.45, 7) is 1.34. The molecule has 1 saturated heterocycles. The van der Waals surface area contributed by atoms with Gasteiger partial charge in [0.25, 0.3) is 0 Å². The van der Waals surface area contributed by atoms with Crippen LogP contribution in [0.1, 0.15) is 30.9 Å². The van der Waals surface area contributed by atoms with E-state index in [4.69, 9.17) is 5.73 Å². The van der Waals surface area contributed by atoms with Crippen LogP contribution in [0.3, 0.4) is 0 Å². The van der Waals surface area contributed by atoms with E-state index in [2.05, 4.69) is 15.1 Å². The average molecular weight is 430 g/mol. The number of nitrogen functional groups attached to an aromatic ring is 1. The minimum atomic E-state index is -0.673. The number of carbonyl (C=O) groups excluding carboxylic acids is 1. The molecule has 1 amide bonds. The number of halogens is 3. The molecule has 0 radical (unpaired) electrons. The molecular formula is C21H21F3N6O. The summed E-state index contributed by atoms with van der Waals surface area (Å²) in [4.78, 5) is 23.2. The van der Waals surface area contributed by atoms with Crippen molar-refractivity contribution in [1.29, 1.82) is 0 Å². The first kappa shape index (κ1) is 19.8. The summed E-state index contributed by atoms with van der Waals surface area (Å²) >= 11 is 0. The van der Waals surface area contributed by atoms with Gasteiger partial charge in [-0.05, 0) is 42.4 Å². The molecule has 1 aromatic carbocycles. The van der Waals surface area contributed by atoms with Crippen LogP contribution in [0.25, 0.3) is 0 Å². The van der Waals surface area contributed by atoms with Gasteiger partial charge in [-0.25, -0.2) is 23.2 Å². The predicted octanol–water partition coefficient (Wildman–Crippen LogP) is 2.90. The van der Waals surface area contributed by atoms with Gasteiger partial charge in [-0.2, -0.15) is 10.1 Å². The molecule has 2 fully saturated rings. The number of hydrazone groups is 1. The van der Waals surface area contributed by atoms with Crippen molar-refractivity contribution in [2.75, 3.05) is 23.7 Å². The van der Waals surface area contributed by atoms with Gasteiger partial charge in [0, 0.05) is 37.7 Å². The van der Waals surface area contributed by atoms with Crippen LogP contribution in [0, 0.1) is 35.2 Å². The number of amides is 1. The van der Waals surface area contributed by atoms with Gasteiger partial charge in [-0.3, -0.25) is 4.79 Å². The normalized spacial score (nSPS) is 27.2. The molecule has 2 aliphatic heterocycles. The molecule has 2 aromatic rings. The molecular weight excluding hydrogens is 409 g/mol. The Morgan fingerprint density at radius 2 is 1.74 bits per heavy atom. The van der Waals surface area contributed by atoms with Gasteiger partial charge in [0.1, 0.15) is 11.6 Å². The molecule has 31 heavy (non-hydrogen) atoms. The van der Waals surface area contributed by atoms with E-state index in [9.17, 15) is 18.0 Å². The minimum absolute atomic E-state index is 0.119. The highest BCUT2D eigenvalue weighted by molar-refractivity contribution is 5.82. The fraction of sp³-hybridized carbons (Fsp3) is 0.429. The van der Waals surface area contributed by atoms with E-state index in [1.165, 1.54) is 17.1 Å². The third-order valence-electron chi connectivity index (χ3n) is 6.47. The second-order valence-corrected chi connectivity index (χ2v) is 8.43. The van der Waals surface area contributed by atoms with E-state index in [1.807, 2.05) is 4.90 Å². The molecule has 0 unspecified atom stereocenters. The SMILES string of the molecule is Nc1nc(N2C[C@H]3C[C@H](C(=O)N4N=CC[C@@H]4c4cc(F)cc(F)c4)C[C@H]3C2)ncc1F. The summed E-state index contributed by atoms with van der Waals surface area (Å²) in [5.41, 5.74) is 5.95. The van der Waals surface area contributed by atoms with Gasteiger partial charge in [0.15, 0.2) is 11.6 Å². The summed E-state index contributed by atoms with van der Waals surface area (Å²) in [7, 11) is 0. The van der Waals surface area contributed by atoms with Crippen LogP contribution in [-0.4, -0.2) is 40.2 Å².